The number of hydrogen-bond acceptors (Lipinski definition) is 6. The van der Waals surface area contributed by atoms with Crippen molar-refractivity contribution in [1.29, 1.82) is 0 Å². The summed E-state index contributed by atoms with van der Waals surface area (Å²) in [6.07, 6.45) is 5.48. The maximum atomic E-state index is 12.3. The van der Waals surface area contributed by atoms with Crippen LogP contribution >= 0.6 is 22.9 Å². The van der Waals surface area contributed by atoms with E-state index in [1.165, 1.54) is 32.0 Å². The maximum Gasteiger partial charge on any atom is 0.407 e. The molecule has 1 aliphatic heterocycles. The number of hydrogen-bond donors (Lipinski definition) is 1. The van der Waals surface area contributed by atoms with E-state index in [1.807, 2.05) is 27.0 Å². The lowest BCUT2D eigenvalue weighted by Crippen LogP contribution is -2.55. The number of aryl methyl sites for hydroxylation is 1. The summed E-state index contributed by atoms with van der Waals surface area (Å²) < 4.78 is 13.2. The highest BCUT2D eigenvalue weighted by atomic mass is 35.5. The largest absolute Gasteiger partial charge is 0.444 e. The molecule has 2 aromatic heterocycles. The number of thiophene rings is 1. The number of ether oxygens (including phenoxy) is 1. The minimum absolute atomic E-state index is 0.129. The van der Waals surface area contributed by atoms with Crippen LogP contribution in [-0.2, 0) is 22.2 Å². The van der Waals surface area contributed by atoms with Crippen molar-refractivity contribution in [2.24, 2.45) is 0 Å². The van der Waals surface area contributed by atoms with Crippen LogP contribution in [0.1, 0.15) is 71.2 Å². The van der Waals surface area contributed by atoms with Crippen molar-refractivity contribution in [2.45, 2.75) is 110 Å². The third kappa shape index (κ3) is 6.61. The first kappa shape index (κ1) is 30.3. The molecule has 1 aliphatic carbocycles. The predicted molar refractivity (Wildman–Crippen MR) is 174 cm³/mol. The van der Waals surface area contributed by atoms with E-state index in [1.54, 1.807) is 11.3 Å². The first-order valence-corrected chi connectivity index (χ1v) is 18.8. The van der Waals surface area contributed by atoms with Gasteiger partial charge in [-0.15, -0.1) is 11.3 Å². The summed E-state index contributed by atoms with van der Waals surface area (Å²) in [5.41, 5.74) is 5.42. The van der Waals surface area contributed by atoms with Crippen molar-refractivity contribution in [3.05, 3.63) is 45.9 Å². The lowest BCUT2D eigenvalue weighted by atomic mass is 9.82. The molecule has 0 spiro atoms. The fraction of sp³-hybridized carbons (Fsp3) is 0.562. The fourth-order valence-electron chi connectivity index (χ4n) is 5.48. The molecule has 3 heterocycles. The van der Waals surface area contributed by atoms with Crippen LogP contribution in [0.15, 0.2) is 30.5 Å². The lowest BCUT2D eigenvalue weighted by Gasteiger charge is -2.47. The van der Waals surface area contributed by atoms with E-state index in [0.717, 1.165) is 42.8 Å². The molecule has 41 heavy (non-hydrogen) atoms. The standard InChI is InChI=1S/C32H44ClN3O3SSi/c1-31(2,3)39-30(37)35-22-16-23(17-22)36-13-9-10-20-14-21(33)15-26(28(20)36)25-11-12-34-27-18-24(40-29(25)27)19-38-41(7,8)32(4,5)6/h11-12,14-15,18,22-23H,9-10,13,16-17,19H2,1-8H3,(H,35,37)/t22-,23-. The number of anilines is 1. The Bertz CT molecular complexity index is 1440. The Balaban J connectivity index is 1.42. The molecule has 1 aromatic carbocycles. The second-order valence-electron chi connectivity index (χ2n) is 14.1. The molecule has 222 valence electrons. The van der Waals surface area contributed by atoms with Gasteiger partial charge in [0.05, 0.1) is 16.8 Å². The van der Waals surface area contributed by atoms with Gasteiger partial charge in [0.2, 0.25) is 0 Å². The van der Waals surface area contributed by atoms with Gasteiger partial charge in [0, 0.05) is 51.5 Å². The van der Waals surface area contributed by atoms with Gasteiger partial charge in [-0.2, -0.15) is 0 Å². The summed E-state index contributed by atoms with van der Waals surface area (Å²) in [7, 11) is -1.86. The molecule has 5 rings (SSSR count). The molecule has 0 bridgehead atoms. The van der Waals surface area contributed by atoms with Crippen LogP contribution in [0, 0.1) is 0 Å². The molecule has 6 nitrogen and oxygen atoms in total. The number of pyridine rings is 1. The van der Waals surface area contributed by atoms with Crippen LogP contribution in [0.25, 0.3) is 21.3 Å². The van der Waals surface area contributed by atoms with E-state index in [-0.39, 0.29) is 17.2 Å². The second-order valence-corrected chi connectivity index (χ2v) is 20.4. The van der Waals surface area contributed by atoms with E-state index in [0.29, 0.717) is 12.6 Å². The van der Waals surface area contributed by atoms with Gasteiger partial charge >= 0.3 is 6.09 Å². The minimum Gasteiger partial charge on any atom is -0.444 e. The highest BCUT2D eigenvalue weighted by Gasteiger charge is 2.39. The van der Waals surface area contributed by atoms with Gasteiger partial charge in [0.25, 0.3) is 0 Å². The van der Waals surface area contributed by atoms with Crippen molar-refractivity contribution >= 4 is 53.3 Å². The zero-order chi connectivity index (χ0) is 29.7. The Morgan fingerprint density at radius 1 is 1.15 bits per heavy atom. The number of carbonyl (C=O) groups is 1. The van der Waals surface area contributed by atoms with Gasteiger partial charge in [-0.3, -0.25) is 4.98 Å². The first-order valence-electron chi connectivity index (χ1n) is 14.7. The number of alkyl carbamates (subject to hydrolysis) is 1. The summed E-state index contributed by atoms with van der Waals surface area (Å²) in [6, 6.07) is 9.06. The zero-order valence-corrected chi connectivity index (χ0v) is 28.3. The van der Waals surface area contributed by atoms with Gasteiger partial charge in [0.1, 0.15) is 5.60 Å². The third-order valence-electron chi connectivity index (χ3n) is 8.70. The SMILES string of the molecule is CC(C)(C)OC(=O)N[C@H]1C[C@H](N2CCCc3cc(Cl)cc(-c4ccnc5cc(CO[Si](C)(C)C(C)(C)C)sc45)c32)C1. The highest BCUT2D eigenvalue weighted by molar-refractivity contribution is 7.19. The lowest BCUT2D eigenvalue weighted by molar-refractivity contribution is 0.0470. The quantitative estimate of drug-likeness (QED) is 0.281. The Kier molecular flexibility index (Phi) is 8.27. The predicted octanol–water partition coefficient (Wildman–Crippen LogP) is 8.95. The Hall–Kier alpha value is -2.13. The zero-order valence-electron chi connectivity index (χ0n) is 25.7. The molecule has 3 aromatic rings. The van der Waals surface area contributed by atoms with E-state index < -0.39 is 13.9 Å². The normalized spacial score (nSPS) is 19.6. The number of rotatable bonds is 6. The van der Waals surface area contributed by atoms with Crippen LogP contribution < -0.4 is 10.2 Å². The van der Waals surface area contributed by atoms with Crippen LogP contribution in [0.2, 0.25) is 23.2 Å². The minimum atomic E-state index is -1.86. The number of benzene rings is 1. The van der Waals surface area contributed by atoms with Gasteiger partial charge in [-0.1, -0.05) is 32.4 Å². The molecule has 0 unspecified atom stereocenters. The van der Waals surface area contributed by atoms with Crippen molar-refractivity contribution < 1.29 is 14.0 Å². The molecule has 0 radical (unpaired) electrons. The average Bonchev–Trinajstić information content (AvgIpc) is 3.25. The summed E-state index contributed by atoms with van der Waals surface area (Å²) in [6.45, 7) is 18.7. The average molecular weight is 614 g/mol. The number of aromatic nitrogens is 1. The number of nitrogens with one attached hydrogen (secondary N) is 1. The molecule has 1 amide bonds. The summed E-state index contributed by atoms with van der Waals surface area (Å²) in [5.74, 6) is 0. The maximum absolute atomic E-state index is 12.3. The van der Waals surface area contributed by atoms with Crippen LogP contribution in [0.5, 0.6) is 0 Å². The highest BCUT2D eigenvalue weighted by Crippen LogP contribution is 2.46. The number of nitrogens with zero attached hydrogens (tertiary/aromatic N) is 2. The summed E-state index contributed by atoms with van der Waals surface area (Å²) in [5, 5.41) is 3.99. The topological polar surface area (TPSA) is 63.7 Å². The number of carbonyl (C=O) groups excluding carboxylic acids is 1. The summed E-state index contributed by atoms with van der Waals surface area (Å²) in [4.78, 5) is 20.8. The van der Waals surface area contributed by atoms with E-state index >= 15 is 0 Å². The molecular weight excluding hydrogens is 570 g/mol. The van der Waals surface area contributed by atoms with Gasteiger partial charge in [-0.25, -0.2) is 4.79 Å². The van der Waals surface area contributed by atoms with Gasteiger partial charge < -0.3 is 19.4 Å². The number of amides is 1. The van der Waals surface area contributed by atoms with Gasteiger partial charge in [-0.05, 0) is 94.4 Å². The van der Waals surface area contributed by atoms with Crippen molar-refractivity contribution in [2.75, 3.05) is 11.4 Å². The van der Waals surface area contributed by atoms with Crippen LogP contribution in [-0.4, -0.2) is 43.6 Å². The van der Waals surface area contributed by atoms with Gasteiger partial charge in [0.15, 0.2) is 8.32 Å². The van der Waals surface area contributed by atoms with E-state index in [2.05, 4.69) is 68.3 Å². The molecule has 0 atom stereocenters. The van der Waals surface area contributed by atoms with Crippen molar-refractivity contribution in [1.82, 2.24) is 10.3 Å². The molecule has 2 aliphatic rings. The summed E-state index contributed by atoms with van der Waals surface area (Å²) >= 11 is 8.51. The molecule has 1 fully saturated rings. The monoisotopic (exact) mass is 613 g/mol. The molecule has 1 saturated carbocycles. The fourth-order valence-corrected chi connectivity index (χ4v) is 7.83. The second kappa shape index (κ2) is 11.2. The van der Waals surface area contributed by atoms with Crippen LogP contribution in [0.3, 0.4) is 0 Å². The smallest absolute Gasteiger partial charge is 0.407 e. The van der Waals surface area contributed by atoms with Crippen molar-refractivity contribution in [3.8, 4) is 11.1 Å². The van der Waals surface area contributed by atoms with Crippen LogP contribution in [0.4, 0.5) is 10.5 Å². The van der Waals surface area contributed by atoms with E-state index in [4.69, 9.17) is 25.7 Å². The molecule has 9 heteroatoms. The Morgan fingerprint density at radius 3 is 2.56 bits per heavy atom. The molecule has 1 N–H and O–H groups in total. The van der Waals surface area contributed by atoms with Crippen molar-refractivity contribution in [3.63, 3.8) is 0 Å². The molecule has 0 saturated heterocycles. The molecular formula is C32H44ClN3O3SSi. The Labute approximate surface area is 254 Å². The van der Waals surface area contributed by atoms with E-state index in [9.17, 15) is 4.79 Å². The number of fused-ring (bicyclic) bond motifs is 2. The third-order valence-corrected chi connectivity index (χ3v) is 14.5. The number of halogens is 1. The Morgan fingerprint density at radius 2 is 1.88 bits per heavy atom. The first-order chi connectivity index (χ1) is 19.1.